The fourth-order valence-corrected chi connectivity index (χ4v) is 4.73. The number of nitrogens with zero attached hydrogens (tertiary/aromatic N) is 4. The smallest absolute Gasteiger partial charge is 0.244 e. The number of amides is 1. The van der Waals surface area contributed by atoms with Crippen LogP contribution in [0, 0.1) is 13.8 Å². The molecule has 0 atom stereocenters. The van der Waals surface area contributed by atoms with Gasteiger partial charge in [0.15, 0.2) is 0 Å². The van der Waals surface area contributed by atoms with E-state index in [2.05, 4.69) is 82.8 Å². The molecule has 172 valence electrons. The van der Waals surface area contributed by atoms with E-state index in [9.17, 15) is 4.79 Å². The molecule has 1 saturated heterocycles. The summed E-state index contributed by atoms with van der Waals surface area (Å²) < 4.78 is 1.80. The minimum Gasteiger partial charge on any atom is -0.367 e. The zero-order valence-corrected chi connectivity index (χ0v) is 19.8. The van der Waals surface area contributed by atoms with Crippen molar-refractivity contribution in [2.75, 3.05) is 31.1 Å². The molecule has 5 heteroatoms. The van der Waals surface area contributed by atoms with Gasteiger partial charge in [0, 0.05) is 43.1 Å². The first-order valence-corrected chi connectivity index (χ1v) is 11.9. The van der Waals surface area contributed by atoms with E-state index < -0.39 is 0 Å². The number of rotatable bonds is 5. The Labute approximate surface area is 201 Å². The zero-order chi connectivity index (χ0) is 23.5. The highest BCUT2D eigenvalue weighted by molar-refractivity contribution is 5.81. The second kappa shape index (κ2) is 9.56. The van der Waals surface area contributed by atoms with Crippen LogP contribution in [-0.4, -0.2) is 46.8 Å². The fourth-order valence-electron chi connectivity index (χ4n) is 4.73. The molecule has 5 nitrogen and oxygen atoms in total. The average molecular weight is 451 g/mol. The van der Waals surface area contributed by atoms with Gasteiger partial charge in [-0.05, 0) is 42.7 Å². The summed E-state index contributed by atoms with van der Waals surface area (Å²) in [5.74, 6) is 0.135. The third-order valence-corrected chi connectivity index (χ3v) is 6.57. The highest BCUT2D eigenvalue weighted by Gasteiger charge is 2.23. The summed E-state index contributed by atoms with van der Waals surface area (Å²) in [4.78, 5) is 17.2. The number of para-hydroxylation sites is 1. The van der Waals surface area contributed by atoms with Gasteiger partial charge >= 0.3 is 0 Å². The maximum absolute atomic E-state index is 12.9. The predicted octanol–water partition coefficient (Wildman–Crippen LogP) is 5.18. The van der Waals surface area contributed by atoms with Gasteiger partial charge in [-0.1, -0.05) is 72.8 Å². The predicted molar refractivity (Wildman–Crippen MR) is 138 cm³/mol. The number of benzene rings is 3. The Balaban J connectivity index is 1.28. The SMILES string of the molecule is Cc1cc(C)n(CC(=O)N2CCN(c3ccccc3-c3ccc(-c4ccccc4)cc3)CC2)n1. The lowest BCUT2D eigenvalue weighted by Crippen LogP contribution is -2.49. The minimum absolute atomic E-state index is 0.135. The number of carbonyl (C=O) groups excluding carboxylic acids is 1. The van der Waals surface area contributed by atoms with Crippen molar-refractivity contribution in [3.05, 3.63) is 96.3 Å². The molecule has 4 aromatic rings. The minimum atomic E-state index is 0.135. The molecule has 3 aromatic carbocycles. The molecule has 0 N–H and O–H groups in total. The summed E-state index contributed by atoms with van der Waals surface area (Å²) in [5, 5.41) is 4.44. The summed E-state index contributed by atoms with van der Waals surface area (Å²) in [7, 11) is 0. The van der Waals surface area contributed by atoms with Crippen LogP contribution in [0.25, 0.3) is 22.3 Å². The van der Waals surface area contributed by atoms with Crippen molar-refractivity contribution in [1.82, 2.24) is 14.7 Å². The van der Waals surface area contributed by atoms with E-state index >= 15 is 0 Å². The van der Waals surface area contributed by atoms with E-state index in [1.165, 1.54) is 27.9 Å². The summed E-state index contributed by atoms with van der Waals surface area (Å²) >= 11 is 0. The Morgan fingerprint density at radius 2 is 1.38 bits per heavy atom. The number of aryl methyl sites for hydroxylation is 2. The van der Waals surface area contributed by atoms with Gasteiger partial charge in [-0.15, -0.1) is 0 Å². The highest BCUT2D eigenvalue weighted by Crippen LogP contribution is 2.33. The van der Waals surface area contributed by atoms with Gasteiger partial charge in [-0.25, -0.2) is 0 Å². The van der Waals surface area contributed by atoms with Gasteiger partial charge in [0.2, 0.25) is 5.91 Å². The van der Waals surface area contributed by atoms with Gasteiger partial charge in [0.1, 0.15) is 6.54 Å². The van der Waals surface area contributed by atoms with Crippen LogP contribution in [0.1, 0.15) is 11.4 Å². The van der Waals surface area contributed by atoms with Crippen LogP contribution in [0.3, 0.4) is 0 Å². The van der Waals surface area contributed by atoms with E-state index in [-0.39, 0.29) is 5.91 Å². The largest absolute Gasteiger partial charge is 0.367 e. The first-order valence-electron chi connectivity index (χ1n) is 11.9. The second-order valence-corrected chi connectivity index (χ2v) is 8.91. The summed E-state index contributed by atoms with van der Waals surface area (Å²) in [6.45, 7) is 7.35. The molecule has 2 heterocycles. The van der Waals surface area contributed by atoms with Crippen LogP contribution < -0.4 is 4.90 Å². The first kappa shape index (κ1) is 22.0. The van der Waals surface area contributed by atoms with Crippen LogP contribution in [0.15, 0.2) is 84.9 Å². The number of hydrogen-bond acceptors (Lipinski definition) is 3. The lowest BCUT2D eigenvalue weighted by atomic mass is 9.98. The molecule has 34 heavy (non-hydrogen) atoms. The molecule has 0 unspecified atom stereocenters. The topological polar surface area (TPSA) is 41.4 Å². The van der Waals surface area contributed by atoms with Gasteiger partial charge in [0.25, 0.3) is 0 Å². The van der Waals surface area contributed by atoms with Crippen LogP contribution in [0.5, 0.6) is 0 Å². The first-order chi connectivity index (χ1) is 16.6. The van der Waals surface area contributed by atoms with E-state index in [0.717, 1.165) is 37.6 Å². The Bertz CT molecular complexity index is 1270. The van der Waals surface area contributed by atoms with E-state index in [4.69, 9.17) is 0 Å². The average Bonchev–Trinajstić information content (AvgIpc) is 3.21. The van der Waals surface area contributed by atoms with Crippen LogP contribution in [0.4, 0.5) is 5.69 Å². The Kier molecular flexibility index (Phi) is 6.17. The third kappa shape index (κ3) is 4.60. The molecule has 0 bridgehead atoms. The monoisotopic (exact) mass is 450 g/mol. The molecule has 0 aliphatic carbocycles. The Morgan fingerprint density at radius 3 is 2.06 bits per heavy atom. The molecule has 0 spiro atoms. The molecule has 5 rings (SSSR count). The van der Waals surface area contributed by atoms with Crippen LogP contribution >= 0.6 is 0 Å². The summed E-state index contributed by atoms with van der Waals surface area (Å²) in [6.07, 6.45) is 0. The fraction of sp³-hybridized carbons (Fsp3) is 0.241. The Morgan fingerprint density at radius 1 is 0.765 bits per heavy atom. The molecule has 1 fully saturated rings. The van der Waals surface area contributed by atoms with E-state index in [1.54, 1.807) is 4.68 Å². The Hall–Kier alpha value is -3.86. The molecule has 1 amide bonds. The lowest BCUT2D eigenvalue weighted by Gasteiger charge is -2.37. The maximum Gasteiger partial charge on any atom is 0.244 e. The van der Waals surface area contributed by atoms with E-state index in [1.807, 2.05) is 30.9 Å². The molecular weight excluding hydrogens is 420 g/mol. The molecule has 0 saturated carbocycles. The number of carbonyl (C=O) groups is 1. The lowest BCUT2D eigenvalue weighted by molar-refractivity contribution is -0.132. The van der Waals surface area contributed by atoms with Crippen molar-refractivity contribution in [2.45, 2.75) is 20.4 Å². The van der Waals surface area contributed by atoms with E-state index in [0.29, 0.717) is 6.54 Å². The zero-order valence-electron chi connectivity index (χ0n) is 19.8. The van der Waals surface area contributed by atoms with Gasteiger partial charge < -0.3 is 9.80 Å². The van der Waals surface area contributed by atoms with Crippen LogP contribution in [-0.2, 0) is 11.3 Å². The highest BCUT2D eigenvalue weighted by atomic mass is 16.2. The number of anilines is 1. The molecule has 0 radical (unpaired) electrons. The summed E-state index contributed by atoms with van der Waals surface area (Å²) in [5.41, 5.74) is 8.07. The normalized spacial score (nSPS) is 13.8. The van der Waals surface area contributed by atoms with Crippen molar-refractivity contribution in [1.29, 1.82) is 0 Å². The number of aromatic nitrogens is 2. The molecule has 1 aliphatic heterocycles. The van der Waals surface area contributed by atoms with Crippen LogP contribution in [0.2, 0.25) is 0 Å². The third-order valence-electron chi connectivity index (χ3n) is 6.57. The molecule has 1 aliphatic rings. The number of piperazine rings is 1. The van der Waals surface area contributed by atoms with Crippen molar-refractivity contribution >= 4 is 11.6 Å². The second-order valence-electron chi connectivity index (χ2n) is 8.91. The van der Waals surface area contributed by atoms with Gasteiger partial charge in [0.05, 0.1) is 5.69 Å². The quantitative estimate of drug-likeness (QED) is 0.421. The van der Waals surface area contributed by atoms with Crippen molar-refractivity contribution < 1.29 is 4.79 Å². The summed E-state index contributed by atoms with van der Waals surface area (Å²) in [6, 6.07) is 29.8. The van der Waals surface area contributed by atoms with Crippen molar-refractivity contribution in [3.63, 3.8) is 0 Å². The van der Waals surface area contributed by atoms with Gasteiger partial charge in [-0.2, -0.15) is 5.10 Å². The number of hydrogen-bond donors (Lipinski definition) is 0. The molecular formula is C29H30N4O. The van der Waals surface area contributed by atoms with Crippen molar-refractivity contribution in [3.8, 4) is 22.3 Å². The van der Waals surface area contributed by atoms with Gasteiger partial charge in [-0.3, -0.25) is 9.48 Å². The molecule has 1 aromatic heterocycles. The van der Waals surface area contributed by atoms with Crippen molar-refractivity contribution in [2.24, 2.45) is 0 Å². The standard InChI is InChI=1S/C29H30N4O/c1-22-20-23(2)33(30-22)21-29(34)32-18-16-31(17-19-32)28-11-7-6-10-27(28)26-14-12-25(13-15-26)24-8-4-3-5-9-24/h3-15,20H,16-19,21H2,1-2H3. The maximum atomic E-state index is 12.9.